The van der Waals surface area contributed by atoms with Crippen molar-refractivity contribution in [3.05, 3.63) is 64.0 Å². The standard InChI is InChI=1S/C20H18FN3O4/c1-2-3-8-20(23-24-20)9-10-22-19(26)17-11-16(25)18(13-28-17)27-12-14-4-6-15(21)7-5-14/h1,4-7,11,13H,3,8-10,12H2,(H,22,26). The topological polar surface area (TPSA) is 93.3 Å². The second kappa shape index (κ2) is 8.48. The van der Waals surface area contributed by atoms with E-state index in [0.29, 0.717) is 31.4 Å². The number of carbonyl (C=O) groups is 1. The molecule has 28 heavy (non-hydrogen) atoms. The molecule has 3 rings (SSSR count). The van der Waals surface area contributed by atoms with Gasteiger partial charge in [-0.1, -0.05) is 12.1 Å². The average Bonchev–Trinajstić information content (AvgIpc) is 3.46. The predicted octanol–water partition coefficient (Wildman–Crippen LogP) is 3.05. The number of terminal acetylenes is 1. The number of amides is 1. The lowest BCUT2D eigenvalue weighted by Crippen LogP contribution is -2.29. The molecule has 1 aliphatic rings. The van der Waals surface area contributed by atoms with Crippen molar-refractivity contribution in [2.24, 2.45) is 10.2 Å². The molecule has 1 aromatic heterocycles. The van der Waals surface area contributed by atoms with E-state index in [1.807, 2.05) is 0 Å². The third-order valence-electron chi connectivity index (χ3n) is 4.19. The summed E-state index contributed by atoms with van der Waals surface area (Å²) in [5.41, 5.74) is -0.285. The highest BCUT2D eigenvalue weighted by atomic mass is 19.1. The largest absolute Gasteiger partial charge is 0.482 e. The maximum absolute atomic E-state index is 12.9. The summed E-state index contributed by atoms with van der Waals surface area (Å²) in [5.74, 6) is 1.50. The number of rotatable bonds is 9. The molecule has 2 heterocycles. The van der Waals surface area contributed by atoms with Crippen LogP contribution in [-0.2, 0) is 6.61 Å². The van der Waals surface area contributed by atoms with E-state index in [4.69, 9.17) is 15.6 Å². The number of ether oxygens (including phenoxy) is 1. The van der Waals surface area contributed by atoms with Crippen molar-refractivity contribution in [1.29, 1.82) is 0 Å². The van der Waals surface area contributed by atoms with E-state index >= 15 is 0 Å². The van der Waals surface area contributed by atoms with Crippen LogP contribution in [0, 0.1) is 18.2 Å². The third-order valence-corrected chi connectivity index (χ3v) is 4.19. The quantitative estimate of drug-likeness (QED) is 0.674. The number of benzene rings is 1. The highest BCUT2D eigenvalue weighted by Crippen LogP contribution is 2.36. The van der Waals surface area contributed by atoms with Gasteiger partial charge in [-0.25, -0.2) is 4.39 Å². The second-order valence-electron chi connectivity index (χ2n) is 6.28. The zero-order valence-electron chi connectivity index (χ0n) is 15.0. The van der Waals surface area contributed by atoms with Crippen LogP contribution in [0.5, 0.6) is 5.75 Å². The molecule has 0 radical (unpaired) electrons. The second-order valence-corrected chi connectivity index (χ2v) is 6.28. The lowest BCUT2D eigenvalue weighted by Gasteiger charge is -2.10. The zero-order chi connectivity index (χ0) is 20.0. The first-order valence-electron chi connectivity index (χ1n) is 8.67. The van der Waals surface area contributed by atoms with E-state index in [1.54, 1.807) is 12.1 Å². The molecule has 1 aromatic carbocycles. The summed E-state index contributed by atoms with van der Waals surface area (Å²) in [7, 11) is 0. The lowest BCUT2D eigenvalue weighted by molar-refractivity contribution is 0.0920. The maximum Gasteiger partial charge on any atom is 0.287 e. The van der Waals surface area contributed by atoms with Gasteiger partial charge in [0.1, 0.15) is 18.7 Å². The molecule has 0 unspecified atom stereocenters. The van der Waals surface area contributed by atoms with E-state index in [0.717, 1.165) is 12.3 Å². The Balaban J connectivity index is 1.50. The van der Waals surface area contributed by atoms with E-state index in [2.05, 4.69) is 21.5 Å². The number of nitrogens with zero attached hydrogens (tertiary/aromatic N) is 2. The van der Waals surface area contributed by atoms with Gasteiger partial charge >= 0.3 is 0 Å². The van der Waals surface area contributed by atoms with Crippen molar-refractivity contribution >= 4 is 5.91 Å². The molecular weight excluding hydrogens is 365 g/mol. The molecule has 0 bridgehead atoms. The first-order chi connectivity index (χ1) is 13.5. The molecule has 1 N–H and O–H groups in total. The van der Waals surface area contributed by atoms with Gasteiger partial charge in [0.2, 0.25) is 11.2 Å². The Morgan fingerprint density at radius 3 is 2.68 bits per heavy atom. The van der Waals surface area contributed by atoms with Gasteiger partial charge in [-0.15, -0.1) is 12.3 Å². The number of hydrogen-bond acceptors (Lipinski definition) is 6. The normalized spacial score (nSPS) is 13.6. The van der Waals surface area contributed by atoms with Crippen LogP contribution in [-0.4, -0.2) is 18.1 Å². The van der Waals surface area contributed by atoms with Crippen LogP contribution >= 0.6 is 0 Å². The van der Waals surface area contributed by atoms with Crippen molar-refractivity contribution in [3.63, 3.8) is 0 Å². The summed E-state index contributed by atoms with van der Waals surface area (Å²) in [6.45, 7) is 0.395. The summed E-state index contributed by atoms with van der Waals surface area (Å²) >= 11 is 0. The summed E-state index contributed by atoms with van der Waals surface area (Å²) in [6.07, 6.45) is 8.06. The maximum atomic E-state index is 12.9. The van der Waals surface area contributed by atoms with E-state index in [1.165, 1.54) is 12.1 Å². The first-order valence-corrected chi connectivity index (χ1v) is 8.67. The highest BCUT2D eigenvalue weighted by molar-refractivity contribution is 5.91. The molecule has 144 valence electrons. The molecule has 2 aromatic rings. The molecule has 0 saturated heterocycles. The molecule has 0 atom stereocenters. The van der Waals surface area contributed by atoms with Crippen molar-refractivity contribution in [1.82, 2.24) is 5.32 Å². The summed E-state index contributed by atoms with van der Waals surface area (Å²) in [5, 5.41) is 10.6. The molecule has 0 aliphatic carbocycles. The number of hydrogen-bond donors (Lipinski definition) is 1. The van der Waals surface area contributed by atoms with Gasteiger partial charge in [-0.05, 0) is 17.7 Å². The van der Waals surface area contributed by atoms with E-state index in [-0.39, 0.29) is 23.9 Å². The van der Waals surface area contributed by atoms with Gasteiger partial charge in [0, 0.05) is 31.9 Å². The van der Waals surface area contributed by atoms with Gasteiger partial charge < -0.3 is 14.5 Å². The van der Waals surface area contributed by atoms with Crippen molar-refractivity contribution in [2.75, 3.05) is 6.54 Å². The molecular formula is C20H18FN3O4. The SMILES string of the molecule is C#CCCC1(CCNC(=O)c2cc(=O)c(OCc3ccc(F)cc3)co2)N=N1. The smallest absolute Gasteiger partial charge is 0.287 e. The first kappa shape index (κ1) is 19.3. The van der Waals surface area contributed by atoms with Crippen molar-refractivity contribution in [3.8, 4) is 18.1 Å². The van der Waals surface area contributed by atoms with Gasteiger partial charge in [0.05, 0.1) is 0 Å². The zero-order valence-corrected chi connectivity index (χ0v) is 15.0. The molecule has 0 spiro atoms. The Bertz CT molecular complexity index is 970. The number of halogens is 1. The minimum atomic E-state index is -0.519. The molecule has 8 heteroatoms. The molecule has 1 aliphatic heterocycles. The minimum absolute atomic E-state index is 0.0373. The van der Waals surface area contributed by atoms with Crippen LogP contribution in [0.1, 0.15) is 35.4 Å². The Labute approximate surface area is 160 Å². The fourth-order valence-electron chi connectivity index (χ4n) is 2.50. The van der Waals surface area contributed by atoms with Crippen LogP contribution in [0.4, 0.5) is 4.39 Å². The van der Waals surface area contributed by atoms with E-state index < -0.39 is 17.0 Å². The Morgan fingerprint density at radius 1 is 1.29 bits per heavy atom. The average molecular weight is 383 g/mol. The minimum Gasteiger partial charge on any atom is -0.482 e. The molecule has 1 amide bonds. The summed E-state index contributed by atoms with van der Waals surface area (Å²) < 4.78 is 23.5. The fourth-order valence-corrected chi connectivity index (χ4v) is 2.50. The highest BCUT2D eigenvalue weighted by Gasteiger charge is 2.38. The van der Waals surface area contributed by atoms with Gasteiger partial charge in [-0.3, -0.25) is 9.59 Å². The van der Waals surface area contributed by atoms with Gasteiger partial charge in [0.25, 0.3) is 5.91 Å². The Hall–Kier alpha value is -3.47. The summed E-state index contributed by atoms with van der Waals surface area (Å²) in [4.78, 5) is 24.2. The molecule has 7 nitrogen and oxygen atoms in total. The molecule has 0 fully saturated rings. The summed E-state index contributed by atoms with van der Waals surface area (Å²) in [6, 6.07) is 6.76. The lowest BCUT2D eigenvalue weighted by atomic mass is 10.0. The van der Waals surface area contributed by atoms with Gasteiger partial charge in [-0.2, -0.15) is 10.2 Å². The Morgan fingerprint density at radius 2 is 2.04 bits per heavy atom. The van der Waals surface area contributed by atoms with Crippen LogP contribution < -0.4 is 15.5 Å². The van der Waals surface area contributed by atoms with E-state index in [9.17, 15) is 14.0 Å². The Kier molecular flexibility index (Phi) is 5.84. The fraction of sp³-hybridized carbons (Fsp3) is 0.300. The van der Waals surface area contributed by atoms with Crippen LogP contribution in [0.15, 0.2) is 56.0 Å². The van der Waals surface area contributed by atoms with Crippen LogP contribution in [0.25, 0.3) is 0 Å². The number of nitrogens with one attached hydrogen (secondary N) is 1. The predicted molar refractivity (Wildman–Crippen MR) is 98.3 cm³/mol. The third kappa shape index (κ3) is 5.04. The van der Waals surface area contributed by atoms with Crippen LogP contribution in [0.3, 0.4) is 0 Å². The monoisotopic (exact) mass is 383 g/mol. The number of carbonyl (C=O) groups excluding carboxylic acids is 1. The van der Waals surface area contributed by atoms with Crippen molar-refractivity contribution in [2.45, 2.75) is 31.5 Å². The molecule has 0 saturated carbocycles. The van der Waals surface area contributed by atoms with Crippen molar-refractivity contribution < 1.29 is 18.3 Å². The van der Waals surface area contributed by atoms with Gasteiger partial charge in [0.15, 0.2) is 11.4 Å². The van der Waals surface area contributed by atoms with Crippen LogP contribution in [0.2, 0.25) is 0 Å².